The summed E-state index contributed by atoms with van der Waals surface area (Å²) in [4.78, 5) is 19.6. The van der Waals surface area contributed by atoms with Crippen LogP contribution in [-0.4, -0.2) is 31.2 Å². The van der Waals surface area contributed by atoms with E-state index < -0.39 is 6.17 Å². The van der Waals surface area contributed by atoms with Crippen molar-refractivity contribution in [1.29, 1.82) is 0 Å². The molecule has 0 saturated carbocycles. The SMILES string of the molecule is COc1cc(C2Nc3ccccc3C(=O)N2c2ccc3c(c2)OCCO3)ccc1OCc1ccncc1. The van der Waals surface area contributed by atoms with Gasteiger partial charge in [0, 0.05) is 24.1 Å². The van der Waals surface area contributed by atoms with E-state index in [-0.39, 0.29) is 5.91 Å². The average molecular weight is 496 g/mol. The Hall–Kier alpha value is -4.72. The van der Waals surface area contributed by atoms with Crippen molar-refractivity contribution in [3.05, 3.63) is 102 Å². The zero-order chi connectivity index (χ0) is 25.2. The quantitative estimate of drug-likeness (QED) is 0.393. The zero-order valence-electron chi connectivity index (χ0n) is 20.2. The van der Waals surface area contributed by atoms with Crippen molar-refractivity contribution in [1.82, 2.24) is 4.98 Å². The van der Waals surface area contributed by atoms with Crippen LogP contribution in [0.4, 0.5) is 11.4 Å². The van der Waals surface area contributed by atoms with E-state index >= 15 is 0 Å². The number of hydrogen-bond acceptors (Lipinski definition) is 7. The van der Waals surface area contributed by atoms with Crippen LogP contribution >= 0.6 is 0 Å². The van der Waals surface area contributed by atoms with Crippen LogP contribution in [0.15, 0.2) is 85.2 Å². The molecule has 3 heterocycles. The second-order valence-electron chi connectivity index (χ2n) is 8.65. The number of pyridine rings is 1. The Kier molecular flexibility index (Phi) is 5.98. The van der Waals surface area contributed by atoms with Gasteiger partial charge in [-0.05, 0) is 59.7 Å². The van der Waals surface area contributed by atoms with Gasteiger partial charge in [-0.1, -0.05) is 18.2 Å². The molecule has 8 heteroatoms. The minimum absolute atomic E-state index is 0.118. The fourth-order valence-electron chi connectivity index (χ4n) is 4.55. The summed E-state index contributed by atoms with van der Waals surface area (Å²) in [6.07, 6.45) is 2.97. The van der Waals surface area contributed by atoms with E-state index in [1.54, 1.807) is 24.4 Å². The lowest BCUT2D eigenvalue weighted by Gasteiger charge is -2.38. The number of fused-ring (bicyclic) bond motifs is 2. The van der Waals surface area contributed by atoms with Crippen LogP contribution in [-0.2, 0) is 6.61 Å². The Morgan fingerprint density at radius 3 is 2.59 bits per heavy atom. The molecule has 2 aliphatic rings. The average Bonchev–Trinajstić information content (AvgIpc) is 2.96. The van der Waals surface area contributed by atoms with Gasteiger partial charge < -0.3 is 24.3 Å². The second-order valence-corrected chi connectivity index (χ2v) is 8.65. The number of carbonyl (C=O) groups excluding carboxylic acids is 1. The summed E-state index contributed by atoms with van der Waals surface area (Å²) in [5, 5.41) is 3.53. The fraction of sp³-hybridized carbons (Fsp3) is 0.172. The summed E-state index contributed by atoms with van der Waals surface area (Å²) < 4.78 is 23.2. The Bertz CT molecular complexity index is 1440. The molecule has 1 amide bonds. The summed E-state index contributed by atoms with van der Waals surface area (Å²) in [7, 11) is 1.60. The molecule has 4 aromatic rings. The summed E-state index contributed by atoms with van der Waals surface area (Å²) in [5.41, 5.74) is 3.90. The lowest BCUT2D eigenvalue weighted by molar-refractivity contribution is 0.0974. The molecule has 1 unspecified atom stereocenters. The molecule has 0 fully saturated rings. The minimum Gasteiger partial charge on any atom is -0.493 e. The molecule has 186 valence electrons. The maximum absolute atomic E-state index is 13.8. The first-order valence-corrected chi connectivity index (χ1v) is 12.0. The maximum Gasteiger partial charge on any atom is 0.262 e. The molecule has 1 aromatic heterocycles. The van der Waals surface area contributed by atoms with Gasteiger partial charge in [0.2, 0.25) is 0 Å². The predicted octanol–water partition coefficient (Wildman–Crippen LogP) is 5.21. The highest BCUT2D eigenvalue weighted by molar-refractivity contribution is 6.12. The van der Waals surface area contributed by atoms with Crippen molar-refractivity contribution >= 4 is 17.3 Å². The second kappa shape index (κ2) is 9.73. The molecule has 6 rings (SSSR count). The number of anilines is 2. The fourth-order valence-corrected chi connectivity index (χ4v) is 4.55. The number of methoxy groups -OCH3 is 1. The van der Waals surface area contributed by atoms with Gasteiger partial charge in [-0.3, -0.25) is 14.7 Å². The predicted molar refractivity (Wildman–Crippen MR) is 139 cm³/mol. The topological polar surface area (TPSA) is 82.2 Å². The molecular weight excluding hydrogens is 470 g/mol. The first kappa shape index (κ1) is 22.7. The number of ether oxygens (including phenoxy) is 4. The number of hydrogen-bond donors (Lipinski definition) is 1. The van der Waals surface area contributed by atoms with Crippen LogP contribution in [0.2, 0.25) is 0 Å². The van der Waals surface area contributed by atoms with Crippen molar-refractivity contribution in [2.45, 2.75) is 12.8 Å². The normalized spacial score (nSPS) is 16.0. The van der Waals surface area contributed by atoms with Crippen LogP contribution in [0.25, 0.3) is 0 Å². The van der Waals surface area contributed by atoms with Gasteiger partial charge >= 0.3 is 0 Å². The molecule has 2 aliphatic heterocycles. The van der Waals surface area contributed by atoms with E-state index in [4.69, 9.17) is 18.9 Å². The molecule has 0 aliphatic carbocycles. The lowest BCUT2D eigenvalue weighted by atomic mass is 10.0. The number of aromatic nitrogens is 1. The van der Waals surface area contributed by atoms with Crippen LogP contribution in [0.3, 0.4) is 0 Å². The van der Waals surface area contributed by atoms with Crippen molar-refractivity contribution in [3.8, 4) is 23.0 Å². The third-order valence-electron chi connectivity index (χ3n) is 6.38. The van der Waals surface area contributed by atoms with E-state index in [0.717, 1.165) is 16.8 Å². The Balaban J connectivity index is 1.37. The van der Waals surface area contributed by atoms with Gasteiger partial charge in [0.1, 0.15) is 26.0 Å². The smallest absolute Gasteiger partial charge is 0.262 e. The molecule has 3 aromatic carbocycles. The van der Waals surface area contributed by atoms with Crippen molar-refractivity contribution in [2.75, 3.05) is 30.5 Å². The van der Waals surface area contributed by atoms with Gasteiger partial charge in [-0.15, -0.1) is 0 Å². The van der Waals surface area contributed by atoms with E-state index in [1.807, 2.05) is 72.8 Å². The number of carbonyl (C=O) groups is 1. The molecule has 0 bridgehead atoms. The Morgan fingerprint density at radius 2 is 1.76 bits per heavy atom. The summed E-state index contributed by atoms with van der Waals surface area (Å²) in [6.45, 7) is 1.35. The summed E-state index contributed by atoms with van der Waals surface area (Å²) in [5.74, 6) is 2.35. The summed E-state index contributed by atoms with van der Waals surface area (Å²) in [6, 6.07) is 22.6. The Morgan fingerprint density at radius 1 is 0.946 bits per heavy atom. The van der Waals surface area contributed by atoms with Crippen LogP contribution in [0.1, 0.15) is 27.7 Å². The molecule has 37 heavy (non-hydrogen) atoms. The Labute approximate surface area is 214 Å². The first-order valence-electron chi connectivity index (χ1n) is 12.0. The molecule has 0 saturated heterocycles. The van der Waals surface area contributed by atoms with Crippen LogP contribution in [0.5, 0.6) is 23.0 Å². The molecule has 0 radical (unpaired) electrons. The highest BCUT2D eigenvalue weighted by atomic mass is 16.6. The molecule has 1 atom stereocenters. The van der Waals surface area contributed by atoms with Gasteiger partial charge in [0.15, 0.2) is 23.0 Å². The monoisotopic (exact) mass is 495 g/mol. The number of amides is 1. The molecular formula is C29H25N3O5. The van der Waals surface area contributed by atoms with Gasteiger partial charge in [-0.25, -0.2) is 0 Å². The van der Waals surface area contributed by atoms with Gasteiger partial charge in [0.05, 0.1) is 18.4 Å². The van der Waals surface area contributed by atoms with Crippen LogP contribution < -0.4 is 29.2 Å². The van der Waals surface area contributed by atoms with E-state index in [1.165, 1.54) is 0 Å². The molecule has 0 spiro atoms. The third kappa shape index (κ3) is 4.38. The van der Waals surface area contributed by atoms with Crippen molar-refractivity contribution in [3.63, 3.8) is 0 Å². The van der Waals surface area contributed by atoms with E-state index in [0.29, 0.717) is 54.1 Å². The van der Waals surface area contributed by atoms with Gasteiger partial charge in [0.25, 0.3) is 5.91 Å². The number of para-hydroxylation sites is 1. The lowest BCUT2D eigenvalue weighted by Crippen LogP contribution is -2.43. The van der Waals surface area contributed by atoms with Crippen LogP contribution in [0, 0.1) is 0 Å². The maximum atomic E-state index is 13.8. The van der Waals surface area contributed by atoms with Crippen molar-refractivity contribution in [2.24, 2.45) is 0 Å². The first-order chi connectivity index (χ1) is 18.2. The van der Waals surface area contributed by atoms with E-state index in [9.17, 15) is 4.79 Å². The van der Waals surface area contributed by atoms with Crippen molar-refractivity contribution < 1.29 is 23.7 Å². The zero-order valence-corrected chi connectivity index (χ0v) is 20.2. The molecule has 8 nitrogen and oxygen atoms in total. The standard InChI is InChI=1S/C29H25N3O5/c1-34-26-16-20(6-8-24(26)37-18-19-10-12-30-13-11-19)28-31-23-5-3-2-4-22(23)29(33)32(28)21-7-9-25-27(17-21)36-15-14-35-25/h2-13,16-17,28,31H,14-15,18H2,1H3. The number of nitrogens with zero attached hydrogens (tertiary/aromatic N) is 2. The number of benzene rings is 3. The summed E-state index contributed by atoms with van der Waals surface area (Å²) >= 11 is 0. The number of rotatable bonds is 6. The largest absolute Gasteiger partial charge is 0.493 e. The number of nitrogens with one attached hydrogen (secondary N) is 1. The minimum atomic E-state index is -0.492. The highest BCUT2D eigenvalue weighted by Crippen LogP contribution is 2.42. The molecule has 1 N–H and O–H groups in total. The van der Waals surface area contributed by atoms with E-state index in [2.05, 4.69) is 10.3 Å². The van der Waals surface area contributed by atoms with Gasteiger partial charge in [-0.2, -0.15) is 0 Å². The third-order valence-corrected chi connectivity index (χ3v) is 6.38. The highest BCUT2D eigenvalue weighted by Gasteiger charge is 2.35.